The van der Waals surface area contributed by atoms with Gasteiger partial charge in [-0.1, -0.05) is 12.1 Å². The molecule has 1 N–H and O–H groups in total. The van der Waals surface area contributed by atoms with Gasteiger partial charge in [-0.3, -0.25) is 9.59 Å². The summed E-state index contributed by atoms with van der Waals surface area (Å²) in [4.78, 5) is 30.7. The summed E-state index contributed by atoms with van der Waals surface area (Å²) in [5.41, 5.74) is 2.91. The molecule has 1 aromatic heterocycles. The lowest BCUT2D eigenvalue weighted by Crippen LogP contribution is -2.45. The summed E-state index contributed by atoms with van der Waals surface area (Å²) in [5, 5.41) is 9.09. The summed E-state index contributed by atoms with van der Waals surface area (Å²) < 4.78 is 13.0. The fourth-order valence-electron chi connectivity index (χ4n) is 3.18. The lowest BCUT2D eigenvalue weighted by molar-refractivity contribution is -0.138. The van der Waals surface area contributed by atoms with Gasteiger partial charge in [-0.05, 0) is 37.0 Å². The number of piperidine rings is 1. The van der Waals surface area contributed by atoms with E-state index in [1.54, 1.807) is 22.5 Å². The topological polar surface area (TPSA) is 70.5 Å². The van der Waals surface area contributed by atoms with Crippen molar-refractivity contribution in [2.24, 2.45) is 0 Å². The number of thiazole rings is 1. The number of hydrogen-bond donors (Lipinski definition) is 1. The van der Waals surface area contributed by atoms with Crippen LogP contribution in [-0.4, -0.2) is 39.5 Å². The minimum absolute atomic E-state index is 0.0385. The molecule has 2 heterocycles. The van der Waals surface area contributed by atoms with E-state index in [-0.39, 0.29) is 24.2 Å². The van der Waals surface area contributed by atoms with Crippen LogP contribution in [0.3, 0.4) is 0 Å². The quantitative estimate of drug-likeness (QED) is 0.886. The van der Waals surface area contributed by atoms with Crippen LogP contribution in [0, 0.1) is 5.82 Å². The molecule has 5 nitrogen and oxygen atoms in total. The van der Waals surface area contributed by atoms with Gasteiger partial charge in [0, 0.05) is 23.9 Å². The second kappa shape index (κ2) is 7.74. The first kappa shape index (κ1) is 17.5. The molecule has 7 heteroatoms. The van der Waals surface area contributed by atoms with E-state index in [2.05, 4.69) is 4.98 Å². The van der Waals surface area contributed by atoms with Gasteiger partial charge in [-0.15, -0.1) is 11.3 Å². The number of halogens is 1. The molecule has 1 atom stereocenters. The predicted molar refractivity (Wildman–Crippen MR) is 92.2 cm³/mol. The van der Waals surface area contributed by atoms with Crippen LogP contribution >= 0.6 is 11.3 Å². The van der Waals surface area contributed by atoms with Gasteiger partial charge in [0.25, 0.3) is 5.91 Å². The molecule has 1 amide bonds. The molecule has 3 rings (SSSR count). The number of nitrogens with zero attached hydrogens (tertiary/aromatic N) is 2. The highest BCUT2D eigenvalue weighted by Gasteiger charge is 2.31. The highest BCUT2D eigenvalue weighted by Crippen LogP contribution is 2.25. The van der Waals surface area contributed by atoms with Gasteiger partial charge < -0.3 is 10.0 Å². The first-order valence-electron chi connectivity index (χ1n) is 8.24. The Kier molecular flexibility index (Phi) is 5.43. The van der Waals surface area contributed by atoms with Crippen molar-refractivity contribution >= 4 is 23.2 Å². The van der Waals surface area contributed by atoms with E-state index in [0.717, 1.165) is 23.3 Å². The number of likely N-dealkylation sites (tertiary alicyclic amines) is 1. The van der Waals surface area contributed by atoms with E-state index < -0.39 is 5.97 Å². The van der Waals surface area contributed by atoms with Crippen LogP contribution in [0.4, 0.5) is 4.39 Å². The zero-order valence-electron chi connectivity index (χ0n) is 13.7. The van der Waals surface area contributed by atoms with Crippen LogP contribution in [0.5, 0.6) is 0 Å². The van der Waals surface area contributed by atoms with E-state index in [1.165, 1.54) is 23.5 Å². The summed E-state index contributed by atoms with van der Waals surface area (Å²) in [6.45, 7) is 0.560. The van der Waals surface area contributed by atoms with Gasteiger partial charge in [0.15, 0.2) is 0 Å². The third-order valence-corrected chi connectivity index (χ3v) is 5.25. The predicted octanol–water partition coefficient (Wildman–Crippen LogP) is 3.34. The molecule has 0 radical (unpaired) electrons. The third kappa shape index (κ3) is 4.22. The van der Waals surface area contributed by atoms with Crippen molar-refractivity contribution < 1.29 is 19.1 Å². The number of carbonyl (C=O) groups is 2. The Balaban J connectivity index is 1.79. The fraction of sp³-hybridized carbons (Fsp3) is 0.389. The highest BCUT2D eigenvalue weighted by atomic mass is 32.1. The van der Waals surface area contributed by atoms with Gasteiger partial charge in [0.1, 0.15) is 11.5 Å². The average Bonchev–Trinajstić information content (AvgIpc) is 3.04. The van der Waals surface area contributed by atoms with Crippen LogP contribution in [-0.2, 0) is 11.2 Å². The zero-order chi connectivity index (χ0) is 17.8. The molecule has 0 aliphatic carbocycles. The number of benzene rings is 1. The van der Waals surface area contributed by atoms with Gasteiger partial charge in [-0.25, -0.2) is 9.37 Å². The molecule has 1 aliphatic rings. The summed E-state index contributed by atoms with van der Waals surface area (Å²) in [5.74, 6) is -1.40. The molecule has 1 aliphatic heterocycles. The van der Waals surface area contributed by atoms with Gasteiger partial charge >= 0.3 is 5.97 Å². The van der Waals surface area contributed by atoms with Crippen LogP contribution in [0.1, 0.15) is 46.6 Å². The largest absolute Gasteiger partial charge is 0.481 e. The second-order valence-electron chi connectivity index (χ2n) is 6.17. The molecular weight excluding hydrogens is 343 g/mol. The molecule has 1 unspecified atom stereocenters. The van der Waals surface area contributed by atoms with Crippen molar-refractivity contribution in [1.29, 1.82) is 0 Å². The van der Waals surface area contributed by atoms with Crippen LogP contribution in [0.2, 0.25) is 0 Å². The molecular formula is C18H19FN2O3S. The van der Waals surface area contributed by atoms with E-state index in [0.29, 0.717) is 25.1 Å². The summed E-state index contributed by atoms with van der Waals surface area (Å²) >= 11 is 1.39. The number of carboxylic acids is 1. The van der Waals surface area contributed by atoms with Crippen molar-refractivity contribution in [3.63, 3.8) is 0 Å². The Hall–Kier alpha value is -2.28. The molecule has 1 aromatic carbocycles. The molecule has 0 saturated carbocycles. The number of amides is 1. The van der Waals surface area contributed by atoms with Gasteiger partial charge in [0.2, 0.25) is 0 Å². The maximum Gasteiger partial charge on any atom is 0.305 e. The smallest absolute Gasteiger partial charge is 0.305 e. The normalized spacial score (nSPS) is 17.5. The Labute approximate surface area is 149 Å². The highest BCUT2D eigenvalue weighted by molar-refractivity contribution is 7.10. The molecule has 1 fully saturated rings. The first-order valence-corrected chi connectivity index (χ1v) is 9.12. The molecule has 0 spiro atoms. The fourth-order valence-corrected chi connectivity index (χ4v) is 3.96. The average molecular weight is 362 g/mol. The minimum atomic E-state index is -0.894. The lowest BCUT2D eigenvalue weighted by Gasteiger charge is -2.34. The molecule has 0 bridgehead atoms. The lowest BCUT2D eigenvalue weighted by atomic mass is 9.98. The molecule has 25 heavy (non-hydrogen) atoms. The summed E-state index contributed by atoms with van der Waals surface area (Å²) in [6, 6.07) is 5.89. The minimum Gasteiger partial charge on any atom is -0.481 e. The summed E-state index contributed by atoms with van der Waals surface area (Å²) in [6.07, 6.45) is 2.97. The van der Waals surface area contributed by atoms with Crippen LogP contribution in [0.15, 0.2) is 29.8 Å². The number of aromatic nitrogens is 1. The van der Waals surface area contributed by atoms with E-state index in [9.17, 15) is 14.0 Å². The standard InChI is InChI=1S/C18H19FN2O3S/c19-13-6-4-12(5-7-13)9-15-17(20-11-25-15)18(24)21-8-2-1-3-14(21)10-16(22)23/h4-7,11,14H,1-3,8-10H2,(H,22,23). The van der Waals surface area contributed by atoms with Crippen molar-refractivity contribution in [2.45, 2.75) is 38.1 Å². The second-order valence-corrected chi connectivity index (χ2v) is 7.11. The number of carboxylic acid groups (broad SMARTS) is 1. The van der Waals surface area contributed by atoms with Crippen molar-refractivity contribution in [3.8, 4) is 0 Å². The molecule has 132 valence electrons. The third-order valence-electron chi connectivity index (χ3n) is 4.42. The first-order chi connectivity index (χ1) is 12.0. The Morgan fingerprint density at radius 1 is 1.28 bits per heavy atom. The maximum atomic E-state index is 13.0. The molecule has 2 aromatic rings. The maximum absolute atomic E-state index is 13.0. The number of aliphatic carboxylic acids is 1. The monoisotopic (exact) mass is 362 g/mol. The number of rotatable bonds is 5. The van der Waals surface area contributed by atoms with Crippen molar-refractivity contribution in [3.05, 3.63) is 51.7 Å². The van der Waals surface area contributed by atoms with E-state index >= 15 is 0 Å². The number of hydrogen-bond acceptors (Lipinski definition) is 4. The Bertz CT molecular complexity index is 760. The SMILES string of the molecule is O=C(O)CC1CCCCN1C(=O)c1ncsc1Cc1ccc(F)cc1. The van der Waals surface area contributed by atoms with Gasteiger partial charge in [0.05, 0.1) is 11.9 Å². The Morgan fingerprint density at radius 2 is 2.04 bits per heavy atom. The van der Waals surface area contributed by atoms with Crippen LogP contribution < -0.4 is 0 Å². The summed E-state index contributed by atoms with van der Waals surface area (Å²) in [7, 11) is 0. The van der Waals surface area contributed by atoms with E-state index in [4.69, 9.17) is 5.11 Å². The van der Waals surface area contributed by atoms with Gasteiger partial charge in [-0.2, -0.15) is 0 Å². The molecule has 1 saturated heterocycles. The zero-order valence-corrected chi connectivity index (χ0v) is 14.5. The van der Waals surface area contributed by atoms with Crippen molar-refractivity contribution in [2.75, 3.05) is 6.54 Å². The van der Waals surface area contributed by atoms with E-state index in [1.807, 2.05) is 0 Å². The van der Waals surface area contributed by atoms with Crippen LogP contribution in [0.25, 0.3) is 0 Å². The number of carbonyl (C=O) groups excluding carboxylic acids is 1. The van der Waals surface area contributed by atoms with Crippen molar-refractivity contribution in [1.82, 2.24) is 9.88 Å². The Morgan fingerprint density at radius 3 is 2.76 bits per heavy atom.